The van der Waals surface area contributed by atoms with Gasteiger partial charge in [-0.2, -0.15) is 0 Å². The van der Waals surface area contributed by atoms with Gasteiger partial charge in [-0.25, -0.2) is 9.18 Å². The number of nitrogens with zero attached hydrogens (tertiary/aromatic N) is 1. The maximum Gasteiger partial charge on any atom is 0.410 e. The number of hydrogen-bond donors (Lipinski definition) is 2. The second-order valence-electron chi connectivity index (χ2n) is 8.96. The van der Waals surface area contributed by atoms with Gasteiger partial charge < -0.3 is 19.7 Å². The summed E-state index contributed by atoms with van der Waals surface area (Å²) in [6, 6.07) is 2.35. The van der Waals surface area contributed by atoms with Crippen LogP contribution in [-0.4, -0.2) is 54.6 Å². The third-order valence-corrected chi connectivity index (χ3v) is 5.47. The van der Waals surface area contributed by atoms with E-state index in [-0.39, 0.29) is 24.3 Å². The Bertz CT molecular complexity index is 859. The van der Waals surface area contributed by atoms with Crippen LogP contribution in [0.4, 0.5) is 14.9 Å². The molecule has 3 amide bonds. The van der Waals surface area contributed by atoms with Gasteiger partial charge in [0.25, 0.3) is 0 Å². The average molecular weight is 435 g/mol. The number of benzene rings is 1. The zero-order valence-corrected chi connectivity index (χ0v) is 18.4. The maximum atomic E-state index is 15.0. The number of carbonyl (C=O) groups excluding carboxylic acids is 3. The molecule has 2 heterocycles. The number of carbonyl (C=O) groups is 3. The first kappa shape index (κ1) is 22.8. The van der Waals surface area contributed by atoms with Crippen LogP contribution in [0.25, 0.3) is 0 Å². The van der Waals surface area contributed by atoms with Gasteiger partial charge in [0.15, 0.2) is 0 Å². The number of rotatable bonds is 4. The van der Waals surface area contributed by atoms with Crippen molar-refractivity contribution < 1.29 is 28.2 Å². The number of hydrogen-bond acceptors (Lipinski definition) is 6. The molecule has 0 spiro atoms. The normalized spacial score (nSPS) is 20.3. The Hall–Kier alpha value is -2.84. The summed E-state index contributed by atoms with van der Waals surface area (Å²) in [4.78, 5) is 37.2. The first-order chi connectivity index (χ1) is 14.6. The summed E-state index contributed by atoms with van der Waals surface area (Å²) < 4.78 is 25.8. The van der Waals surface area contributed by atoms with E-state index in [0.29, 0.717) is 49.4 Å². The zero-order chi connectivity index (χ0) is 22.8. The van der Waals surface area contributed by atoms with Crippen molar-refractivity contribution in [2.75, 3.05) is 25.5 Å². The van der Waals surface area contributed by atoms with Crippen LogP contribution in [0, 0.1) is 5.82 Å². The Morgan fingerprint density at radius 2 is 1.87 bits per heavy atom. The highest BCUT2D eigenvalue weighted by Crippen LogP contribution is 2.36. The molecule has 1 aromatic carbocycles. The van der Waals surface area contributed by atoms with Crippen LogP contribution in [0.1, 0.15) is 57.9 Å². The maximum absolute atomic E-state index is 15.0. The number of likely N-dealkylation sites (tertiary alicyclic amines) is 1. The molecule has 2 fully saturated rings. The van der Waals surface area contributed by atoms with Crippen LogP contribution >= 0.6 is 0 Å². The Labute approximate surface area is 181 Å². The highest BCUT2D eigenvalue weighted by Gasteiger charge is 2.31. The molecule has 2 aliphatic heterocycles. The monoisotopic (exact) mass is 435 g/mol. The fraction of sp³-hybridized carbons (Fsp3) is 0.591. The van der Waals surface area contributed by atoms with Crippen molar-refractivity contribution in [2.45, 2.75) is 64.0 Å². The first-order valence-corrected chi connectivity index (χ1v) is 10.5. The minimum Gasteiger partial charge on any atom is -0.495 e. The van der Waals surface area contributed by atoms with E-state index >= 15 is 0 Å². The summed E-state index contributed by atoms with van der Waals surface area (Å²) in [5.41, 5.74) is 0.331. The number of imide groups is 1. The lowest BCUT2D eigenvalue weighted by molar-refractivity contribution is -0.133. The topological polar surface area (TPSA) is 97.0 Å². The summed E-state index contributed by atoms with van der Waals surface area (Å²) in [6.07, 6.45) is 1.43. The Kier molecular flexibility index (Phi) is 6.71. The first-order valence-electron chi connectivity index (χ1n) is 10.5. The van der Waals surface area contributed by atoms with Crippen molar-refractivity contribution in [3.63, 3.8) is 0 Å². The molecule has 1 unspecified atom stereocenters. The molecular weight excluding hydrogens is 405 g/mol. The molecule has 2 aliphatic rings. The number of methoxy groups -OCH3 is 1. The summed E-state index contributed by atoms with van der Waals surface area (Å²) in [7, 11) is 1.48. The van der Waals surface area contributed by atoms with Gasteiger partial charge in [0.05, 0.1) is 12.8 Å². The van der Waals surface area contributed by atoms with E-state index in [0.717, 1.165) is 0 Å². The fourth-order valence-corrected chi connectivity index (χ4v) is 3.88. The largest absolute Gasteiger partial charge is 0.495 e. The van der Waals surface area contributed by atoms with Crippen molar-refractivity contribution in [2.24, 2.45) is 0 Å². The van der Waals surface area contributed by atoms with Gasteiger partial charge in [0.2, 0.25) is 11.8 Å². The number of piperidine rings is 2. The summed E-state index contributed by atoms with van der Waals surface area (Å²) in [5, 5.41) is 5.26. The number of nitrogens with one attached hydrogen (secondary N) is 2. The van der Waals surface area contributed by atoms with E-state index in [9.17, 15) is 18.8 Å². The predicted octanol–water partition coefficient (Wildman–Crippen LogP) is 3.17. The lowest BCUT2D eigenvalue weighted by Gasteiger charge is -2.34. The van der Waals surface area contributed by atoms with E-state index in [2.05, 4.69) is 10.6 Å². The second-order valence-corrected chi connectivity index (χ2v) is 8.96. The average Bonchev–Trinajstić information content (AvgIpc) is 2.69. The Morgan fingerprint density at radius 3 is 2.45 bits per heavy atom. The quantitative estimate of drug-likeness (QED) is 0.705. The Balaban J connectivity index is 1.68. The van der Waals surface area contributed by atoms with Crippen molar-refractivity contribution in [1.29, 1.82) is 0 Å². The predicted molar refractivity (Wildman–Crippen MR) is 113 cm³/mol. The molecule has 9 heteroatoms. The molecule has 0 saturated carbocycles. The lowest BCUT2D eigenvalue weighted by atomic mass is 9.88. The minimum absolute atomic E-state index is 0.0581. The molecule has 0 aromatic heterocycles. The zero-order valence-electron chi connectivity index (χ0n) is 18.4. The van der Waals surface area contributed by atoms with Crippen LogP contribution in [-0.2, 0) is 14.3 Å². The molecule has 2 saturated heterocycles. The Morgan fingerprint density at radius 1 is 1.19 bits per heavy atom. The van der Waals surface area contributed by atoms with Gasteiger partial charge in [0.1, 0.15) is 23.2 Å². The van der Waals surface area contributed by atoms with Crippen molar-refractivity contribution in [3.8, 4) is 5.75 Å². The number of halogens is 1. The number of amides is 3. The molecule has 1 aromatic rings. The van der Waals surface area contributed by atoms with Crippen molar-refractivity contribution >= 4 is 23.6 Å². The lowest BCUT2D eigenvalue weighted by Crippen LogP contribution is -2.47. The highest BCUT2D eigenvalue weighted by molar-refractivity contribution is 6.01. The van der Waals surface area contributed by atoms with E-state index in [4.69, 9.17) is 9.47 Å². The standard InChI is InChI=1S/C22H30FN3O5/c1-22(2,3)31-21(29)26-9-7-13(8-10-26)14-11-18(30-4)17(12-15(14)23)24-16-5-6-19(27)25-20(16)28/h11-13,16,24H,5-10H2,1-4H3,(H,25,27,28). The molecule has 31 heavy (non-hydrogen) atoms. The second kappa shape index (κ2) is 9.11. The number of ether oxygens (including phenoxy) is 2. The molecule has 170 valence electrons. The molecule has 3 rings (SSSR count). The van der Waals surface area contributed by atoms with E-state index < -0.39 is 23.4 Å². The highest BCUT2D eigenvalue weighted by atomic mass is 19.1. The summed E-state index contributed by atoms with van der Waals surface area (Å²) in [5.74, 6) is -0.772. The van der Waals surface area contributed by atoms with Gasteiger partial charge in [-0.15, -0.1) is 0 Å². The van der Waals surface area contributed by atoms with Gasteiger partial charge in [0, 0.05) is 25.6 Å². The molecule has 8 nitrogen and oxygen atoms in total. The van der Waals surface area contributed by atoms with E-state index in [1.807, 2.05) is 20.8 Å². The third kappa shape index (κ3) is 5.65. The minimum atomic E-state index is -0.631. The van der Waals surface area contributed by atoms with Crippen molar-refractivity contribution in [1.82, 2.24) is 10.2 Å². The molecule has 0 radical (unpaired) electrons. The van der Waals surface area contributed by atoms with Crippen LogP contribution in [0.15, 0.2) is 12.1 Å². The van der Waals surface area contributed by atoms with Gasteiger partial charge in [-0.3, -0.25) is 14.9 Å². The van der Waals surface area contributed by atoms with Crippen molar-refractivity contribution in [3.05, 3.63) is 23.5 Å². The smallest absolute Gasteiger partial charge is 0.410 e. The van der Waals surface area contributed by atoms with Gasteiger partial charge >= 0.3 is 6.09 Å². The van der Waals surface area contributed by atoms with Crippen LogP contribution in [0.2, 0.25) is 0 Å². The summed E-state index contributed by atoms with van der Waals surface area (Å²) >= 11 is 0. The van der Waals surface area contributed by atoms with E-state index in [1.165, 1.54) is 13.2 Å². The van der Waals surface area contributed by atoms with Crippen LogP contribution in [0.5, 0.6) is 5.75 Å². The molecular formula is C22H30FN3O5. The molecule has 0 bridgehead atoms. The molecule has 1 atom stereocenters. The summed E-state index contributed by atoms with van der Waals surface area (Å²) in [6.45, 7) is 6.44. The van der Waals surface area contributed by atoms with Gasteiger partial charge in [-0.1, -0.05) is 0 Å². The van der Waals surface area contributed by atoms with Crippen LogP contribution < -0.4 is 15.4 Å². The third-order valence-electron chi connectivity index (χ3n) is 5.47. The van der Waals surface area contributed by atoms with Crippen LogP contribution in [0.3, 0.4) is 0 Å². The van der Waals surface area contributed by atoms with E-state index in [1.54, 1.807) is 11.0 Å². The SMILES string of the molecule is COc1cc(C2CCN(C(=O)OC(C)(C)C)CC2)c(F)cc1NC1CCC(=O)NC1=O. The number of anilines is 1. The molecule has 2 N–H and O–H groups in total. The molecule has 0 aliphatic carbocycles. The fourth-order valence-electron chi connectivity index (χ4n) is 3.88. The van der Waals surface area contributed by atoms with Gasteiger partial charge in [-0.05, 0) is 57.6 Å².